The highest BCUT2D eigenvalue weighted by Crippen LogP contribution is 2.34. The molecule has 0 saturated carbocycles. The lowest BCUT2D eigenvalue weighted by molar-refractivity contribution is -0.384. The van der Waals surface area contributed by atoms with Gasteiger partial charge in [0.05, 0.1) is 9.82 Å². The minimum atomic E-state index is -4.03. The third kappa shape index (κ3) is 5.18. The number of benzene rings is 4. The van der Waals surface area contributed by atoms with Gasteiger partial charge in [-0.15, -0.1) is 11.3 Å². The van der Waals surface area contributed by atoms with Crippen LogP contribution >= 0.6 is 11.3 Å². The molecule has 0 aliphatic rings. The van der Waals surface area contributed by atoms with Gasteiger partial charge in [0.2, 0.25) is 0 Å². The summed E-state index contributed by atoms with van der Waals surface area (Å²) in [6.07, 6.45) is 1.30. The second kappa shape index (κ2) is 10.6. The molecule has 0 bridgehead atoms. The second-order valence-corrected chi connectivity index (χ2v) is 11.3. The lowest BCUT2D eigenvalue weighted by Gasteiger charge is -2.14. The molecule has 0 unspecified atom stereocenters. The first-order valence-electron chi connectivity index (χ1n) is 11.7. The molecule has 4 aromatic carbocycles. The van der Waals surface area contributed by atoms with E-state index >= 15 is 0 Å². The molecule has 5 rings (SSSR count). The molecule has 0 radical (unpaired) electrons. The average Bonchev–Trinajstić information content (AvgIpc) is 3.44. The van der Waals surface area contributed by atoms with Crippen LogP contribution in [-0.2, 0) is 9.84 Å². The van der Waals surface area contributed by atoms with Crippen LogP contribution in [-0.4, -0.2) is 24.9 Å². The van der Waals surface area contributed by atoms with Crippen molar-refractivity contribution in [3.8, 4) is 0 Å². The Morgan fingerprint density at radius 1 is 0.769 bits per heavy atom. The van der Waals surface area contributed by atoms with Gasteiger partial charge < -0.3 is 0 Å². The van der Waals surface area contributed by atoms with E-state index < -0.39 is 20.5 Å². The zero-order valence-corrected chi connectivity index (χ0v) is 21.8. The number of carbonyl (C=O) groups is 2. The van der Waals surface area contributed by atoms with Crippen molar-refractivity contribution in [3.63, 3.8) is 0 Å². The minimum absolute atomic E-state index is 0.0936. The monoisotopic (exact) mass is 553 g/mol. The number of fused-ring (bicyclic) bond motifs is 1. The number of ketones is 2. The topological polar surface area (TPSA) is 111 Å². The predicted molar refractivity (Wildman–Crippen MR) is 151 cm³/mol. The van der Waals surface area contributed by atoms with Gasteiger partial charge >= 0.3 is 0 Å². The van der Waals surface area contributed by atoms with Gasteiger partial charge in [-0.25, -0.2) is 8.42 Å². The van der Waals surface area contributed by atoms with Gasteiger partial charge in [0, 0.05) is 49.9 Å². The number of nitrogens with zero attached hydrogens (tertiary/aromatic N) is 1. The van der Waals surface area contributed by atoms with Crippen LogP contribution in [0.15, 0.2) is 113 Å². The molecule has 0 spiro atoms. The third-order valence-corrected chi connectivity index (χ3v) is 8.41. The first-order valence-corrected chi connectivity index (χ1v) is 14.1. The summed E-state index contributed by atoms with van der Waals surface area (Å²) in [4.78, 5) is 37.9. The van der Waals surface area contributed by atoms with Crippen molar-refractivity contribution >= 4 is 54.6 Å². The number of thiophene rings is 1. The summed E-state index contributed by atoms with van der Waals surface area (Å²) in [7, 11) is -4.03. The number of rotatable bonds is 8. The quantitative estimate of drug-likeness (QED) is 0.120. The van der Waals surface area contributed by atoms with Gasteiger partial charge in [-0.2, -0.15) is 0 Å². The standard InChI is InChI=1S/C30H19NO6S2/c32-29(20-7-3-1-4-8-20)27-22(16-18-39(36,37)24-13-11-23(12-14-24)31(34)35)19-26-25(15-17-38-26)28(27)30(33)21-9-5-2-6-10-21/h1-19H/b18-16-. The maximum absolute atomic E-state index is 13.9. The number of nitro groups is 1. The Labute approximate surface area is 227 Å². The molecular formula is C30H19NO6S2. The third-order valence-electron chi connectivity index (χ3n) is 6.12. The Bertz CT molecular complexity index is 1860. The first-order chi connectivity index (χ1) is 18.8. The summed E-state index contributed by atoms with van der Waals surface area (Å²) in [5.74, 6) is -0.776. The summed E-state index contributed by atoms with van der Waals surface area (Å²) in [5, 5.41) is 14.3. The number of carbonyl (C=O) groups excluding carboxylic acids is 2. The zero-order valence-electron chi connectivity index (χ0n) is 20.2. The van der Waals surface area contributed by atoms with E-state index in [0.717, 1.165) is 29.7 Å². The van der Waals surface area contributed by atoms with Crippen LogP contribution in [0, 0.1) is 10.1 Å². The lowest BCUT2D eigenvalue weighted by atomic mass is 9.87. The van der Waals surface area contributed by atoms with Crippen LogP contribution in [0.2, 0.25) is 0 Å². The highest BCUT2D eigenvalue weighted by atomic mass is 32.2. The lowest BCUT2D eigenvalue weighted by Crippen LogP contribution is -2.13. The summed E-state index contributed by atoms with van der Waals surface area (Å²) in [5.41, 5.74) is 1.07. The SMILES string of the molecule is O=C(c1ccccc1)c1c(/C=C\S(=O)(=O)c2ccc([N+](=O)[O-])cc2)cc2sccc2c1C(=O)c1ccccc1. The van der Waals surface area contributed by atoms with E-state index in [1.807, 2.05) is 5.38 Å². The number of sulfone groups is 1. The first kappa shape index (κ1) is 25.9. The van der Waals surface area contributed by atoms with Crippen LogP contribution < -0.4 is 0 Å². The molecule has 0 aliphatic heterocycles. The van der Waals surface area contributed by atoms with Gasteiger partial charge in [0.25, 0.3) is 5.69 Å². The molecular weight excluding hydrogens is 534 g/mol. The van der Waals surface area contributed by atoms with Crippen LogP contribution in [0.3, 0.4) is 0 Å². The molecule has 39 heavy (non-hydrogen) atoms. The normalized spacial score (nSPS) is 11.6. The van der Waals surface area contributed by atoms with E-state index in [0.29, 0.717) is 21.2 Å². The maximum Gasteiger partial charge on any atom is 0.269 e. The number of hydrogen-bond donors (Lipinski definition) is 0. The summed E-state index contributed by atoms with van der Waals surface area (Å²) >= 11 is 1.37. The van der Waals surface area contributed by atoms with Crippen molar-refractivity contribution in [2.24, 2.45) is 0 Å². The highest BCUT2D eigenvalue weighted by Gasteiger charge is 2.26. The molecule has 1 heterocycles. The fourth-order valence-electron chi connectivity index (χ4n) is 4.21. The Morgan fingerprint density at radius 3 is 1.90 bits per heavy atom. The van der Waals surface area contributed by atoms with E-state index in [9.17, 15) is 28.1 Å². The van der Waals surface area contributed by atoms with Crippen molar-refractivity contribution in [2.75, 3.05) is 0 Å². The molecule has 0 atom stereocenters. The highest BCUT2D eigenvalue weighted by molar-refractivity contribution is 7.94. The summed E-state index contributed by atoms with van der Waals surface area (Å²) in [6, 6.07) is 25.1. The van der Waals surface area contributed by atoms with Crippen LogP contribution in [0.5, 0.6) is 0 Å². The van der Waals surface area contributed by atoms with Crippen molar-refractivity contribution in [1.29, 1.82) is 0 Å². The molecule has 0 amide bonds. The Balaban J connectivity index is 1.71. The van der Waals surface area contributed by atoms with E-state index in [-0.39, 0.29) is 33.1 Å². The Kier molecular flexibility index (Phi) is 7.02. The summed E-state index contributed by atoms with van der Waals surface area (Å²) in [6.45, 7) is 0. The van der Waals surface area contributed by atoms with Gasteiger partial charge in [-0.1, -0.05) is 60.7 Å². The van der Waals surface area contributed by atoms with Crippen LogP contribution in [0.1, 0.15) is 37.4 Å². The molecule has 5 aromatic rings. The average molecular weight is 554 g/mol. The largest absolute Gasteiger partial charge is 0.289 e. The maximum atomic E-state index is 13.9. The van der Waals surface area contributed by atoms with Gasteiger partial charge in [0.15, 0.2) is 21.4 Å². The van der Waals surface area contributed by atoms with E-state index in [2.05, 4.69) is 0 Å². The number of hydrogen-bond acceptors (Lipinski definition) is 7. The van der Waals surface area contributed by atoms with Crippen molar-refractivity contribution < 1.29 is 22.9 Å². The molecule has 0 fully saturated rings. The van der Waals surface area contributed by atoms with Gasteiger partial charge in [-0.05, 0) is 41.3 Å². The number of nitro benzene ring substituents is 1. The van der Waals surface area contributed by atoms with Crippen molar-refractivity contribution in [3.05, 3.63) is 146 Å². The smallest absolute Gasteiger partial charge is 0.269 e. The predicted octanol–water partition coefficient (Wildman–Crippen LogP) is 6.72. The molecule has 9 heteroatoms. The number of non-ortho nitro benzene ring substituents is 1. The van der Waals surface area contributed by atoms with E-state index in [1.54, 1.807) is 72.8 Å². The second-order valence-electron chi connectivity index (χ2n) is 8.54. The zero-order chi connectivity index (χ0) is 27.6. The van der Waals surface area contributed by atoms with Crippen molar-refractivity contribution in [1.82, 2.24) is 0 Å². The van der Waals surface area contributed by atoms with E-state index in [1.165, 1.54) is 17.4 Å². The van der Waals surface area contributed by atoms with Gasteiger partial charge in [0.1, 0.15) is 0 Å². The Morgan fingerprint density at radius 2 is 1.33 bits per heavy atom. The van der Waals surface area contributed by atoms with Crippen molar-refractivity contribution in [2.45, 2.75) is 4.90 Å². The van der Waals surface area contributed by atoms with Crippen LogP contribution in [0.4, 0.5) is 5.69 Å². The molecule has 7 nitrogen and oxygen atoms in total. The molecule has 1 aromatic heterocycles. The minimum Gasteiger partial charge on any atom is -0.289 e. The molecule has 0 saturated heterocycles. The molecule has 0 N–H and O–H groups in total. The van der Waals surface area contributed by atoms with Crippen LogP contribution in [0.25, 0.3) is 16.2 Å². The molecule has 192 valence electrons. The van der Waals surface area contributed by atoms with E-state index in [4.69, 9.17) is 0 Å². The van der Waals surface area contributed by atoms with Gasteiger partial charge in [-0.3, -0.25) is 19.7 Å². The fourth-order valence-corrected chi connectivity index (χ4v) is 6.05. The molecule has 0 aliphatic carbocycles. The Hall–Kier alpha value is -4.73. The fraction of sp³-hybridized carbons (Fsp3) is 0. The summed E-state index contributed by atoms with van der Waals surface area (Å²) < 4.78 is 26.9.